The van der Waals surface area contributed by atoms with Crippen molar-refractivity contribution in [2.75, 3.05) is 0 Å². The molecule has 1 rings (SSSR count). The third-order valence-corrected chi connectivity index (χ3v) is 1.39. The molecule has 0 radical (unpaired) electrons. The zero-order valence-electron chi connectivity index (χ0n) is 9.70. The Balaban J connectivity index is -0.0000000406. The van der Waals surface area contributed by atoms with E-state index in [9.17, 15) is 0 Å². The molecule has 0 heteroatoms. The molecule has 1 aliphatic carbocycles. The Morgan fingerprint density at radius 3 is 0.917 bits per heavy atom. The zero-order valence-corrected chi connectivity index (χ0v) is 9.70. The molecule has 80 valence electrons. The van der Waals surface area contributed by atoms with Crippen LogP contribution in [0.1, 0.15) is 75.2 Å². The molecule has 0 N–H and O–H groups in total. The van der Waals surface area contributed by atoms with Crippen LogP contribution in [-0.2, 0) is 0 Å². The van der Waals surface area contributed by atoms with Crippen molar-refractivity contribution in [2.45, 2.75) is 75.2 Å². The van der Waals surface area contributed by atoms with Crippen LogP contribution in [0.3, 0.4) is 0 Å². The molecule has 0 aromatic heterocycles. The fraction of sp³-hybridized carbons (Fsp3) is 1.00. The third kappa shape index (κ3) is 22.5. The van der Waals surface area contributed by atoms with Crippen molar-refractivity contribution in [2.24, 2.45) is 5.92 Å². The van der Waals surface area contributed by atoms with Crippen molar-refractivity contribution in [1.29, 1.82) is 0 Å². The van der Waals surface area contributed by atoms with Crippen LogP contribution in [0, 0.1) is 5.92 Å². The summed E-state index contributed by atoms with van der Waals surface area (Å²) in [6.45, 7) is 14.3. The van der Waals surface area contributed by atoms with Gasteiger partial charge in [0, 0.05) is 0 Å². The van der Waals surface area contributed by atoms with Crippen LogP contribution in [0.15, 0.2) is 0 Å². The first-order valence-corrected chi connectivity index (χ1v) is 5.39. The second-order valence-corrected chi connectivity index (χ2v) is 2.04. The molecule has 0 saturated heterocycles. The van der Waals surface area contributed by atoms with Crippen molar-refractivity contribution in [3.8, 4) is 0 Å². The highest BCUT2D eigenvalue weighted by atomic mass is 14.1. The first kappa shape index (κ1) is 22.7. The Morgan fingerprint density at radius 1 is 0.750 bits per heavy atom. The van der Waals surface area contributed by atoms with Crippen LogP contribution < -0.4 is 0 Å². The third-order valence-electron chi connectivity index (χ3n) is 1.39. The lowest BCUT2D eigenvalue weighted by Gasteiger charge is -2.18. The first-order chi connectivity index (χ1) is 5.39. The first-order valence-electron chi connectivity index (χ1n) is 5.39. The predicted octanol–water partition coefficient (Wildman–Crippen LogP) is 5.52. The van der Waals surface area contributed by atoms with E-state index in [0.29, 0.717) is 0 Å². The molecule has 0 amide bonds. The van der Waals surface area contributed by atoms with E-state index in [4.69, 9.17) is 0 Å². The SMILES string of the molecule is C.CC.CC.CC.CC1CCC1. The van der Waals surface area contributed by atoms with Gasteiger partial charge in [-0.3, -0.25) is 0 Å². The minimum Gasteiger partial charge on any atom is -0.0776 e. The van der Waals surface area contributed by atoms with Gasteiger partial charge in [-0.1, -0.05) is 75.2 Å². The van der Waals surface area contributed by atoms with Gasteiger partial charge >= 0.3 is 0 Å². The Kier molecular flexibility index (Phi) is 57.8. The molecule has 0 bridgehead atoms. The molecule has 0 nitrogen and oxygen atoms in total. The van der Waals surface area contributed by atoms with Crippen molar-refractivity contribution >= 4 is 0 Å². The normalized spacial score (nSPS) is 12.2. The highest BCUT2D eigenvalue weighted by Crippen LogP contribution is 2.24. The second-order valence-electron chi connectivity index (χ2n) is 2.04. The highest BCUT2D eigenvalue weighted by molar-refractivity contribution is 4.62. The number of rotatable bonds is 0. The summed E-state index contributed by atoms with van der Waals surface area (Å²) < 4.78 is 0. The van der Waals surface area contributed by atoms with Crippen molar-refractivity contribution < 1.29 is 0 Å². The summed E-state index contributed by atoms with van der Waals surface area (Å²) in [6.07, 6.45) is 4.46. The van der Waals surface area contributed by atoms with Crippen LogP contribution in [0.2, 0.25) is 0 Å². The van der Waals surface area contributed by atoms with E-state index in [1.165, 1.54) is 19.3 Å². The van der Waals surface area contributed by atoms with Gasteiger partial charge < -0.3 is 0 Å². The van der Waals surface area contributed by atoms with Gasteiger partial charge in [0.25, 0.3) is 0 Å². The van der Waals surface area contributed by atoms with E-state index < -0.39 is 0 Å². The number of hydrogen-bond donors (Lipinski definition) is 0. The monoisotopic (exact) mass is 176 g/mol. The summed E-state index contributed by atoms with van der Waals surface area (Å²) in [7, 11) is 0. The molecule has 1 saturated carbocycles. The summed E-state index contributed by atoms with van der Waals surface area (Å²) >= 11 is 0. The van der Waals surface area contributed by atoms with Crippen LogP contribution in [0.4, 0.5) is 0 Å². The molecule has 12 heavy (non-hydrogen) atoms. The molecule has 0 unspecified atom stereocenters. The minimum absolute atomic E-state index is 0. The largest absolute Gasteiger partial charge is 0.0776 e. The molecular formula is C12H32. The smallest absolute Gasteiger partial charge is 0.0443 e. The molecular weight excluding hydrogens is 144 g/mol. The van der Waals surface area contributed by atoms with E-state index in [2.05, 4.69) is 6.92 Å². The maximum absolute atomic E-state index is 2.31. The van der Waals surface area contributed by atoms with Crippen LogP contribution >= 0.6 is 0 Å². The fourth-order valence-corrected chi connectivity index (χ4v) is 0.612. The van der Waals surface area contributed by atoms with Crippen molar-refractivity contribution in [1.82, 2.24) is 0 Å². The van der Waals surface area contributed by atoms with E-state index in [1.807, 2.05) is 41.5 Å². The molecule has 0 aliphatic heterocycles. The van der Waals surface area contributed by atoms with E-state index in [-0.39, 0.29) is 7.43 Å². The average Bonchev–Trinajstić information content (AvgIpc) is 2.12. The summed E-state index contributed by atoms with van der Waals surface area (Å²) in [5.41, 5.74) is 0. The molecule has 0 atom stereocenters. The lowest BCUT2D eigenvalue weighted by Crippen LogP contribution is -2.04. The van der Waals surface area contributed by atoms with Crippen LogP contribution in [0.25, 0.3) is 0 Å². The average molecular weight is 176 g/mol. The van der Waals surface area contributed by atoms with Crippen molar-refractivity contribution in [3.63, 3.8) is 0 Å². The Labute approximate surface area is 81.8 Å². The van der Waals surface area contributed by atoms with Gasteiger partial charge in [-0.2, -0.15) is 0 Å². The zero-order chi connectivity index (χ0) is 9.70. The molecule has 0 aromatic carbocycles. The number of hydrogen-bond acceptors (Lipinski definition) is 0. The van der Waals surface area contributed by atoms with Gasteiger partial charge in [0.05, 0.1) is 0 Å². The molecule has 1 fully saturated rings. The van der Waals surface area contributed by atoms with Crippen molar-refractivity contribution in [3.05, 3.63) is 0 Å². The quantitative estimate of drug-likeness (QED) is 0.456. The van der Waals surface area contributed by atoms with Crippen LogP contribution in [0.5, 0.6) is 0 Å². The Bertz CT molecular complexity index is 27.0. The lowest BCUT2D eigenvalue weighted by atomic mass is 9.88. The highest BCUT2D eigenvalue weighted by Gasteiger charge is 2.09. The Morgan fingerprint density at radius 2 is 0.917 bits per heavy atom. The summed E-state index contributed by atoms with van der Waals surface area (Å²) in [6, 6.07) is 0. The second kappa shape index (κ2) is 30.6. The topological polar surface area (TPSA) is 0 Å². The molecule has 0 heterocycles. The summed E-state index contributed by atoms with van der Waals surface area (Å²) in [5.74, 6) is 1.06. The van der Waals surface area contributed by atoms with Gasteiger partial charge in [0.1, 0.15) is 0 Å². The van der Waals surface area contributed by atoms with E-state index >= 15 is 0 Å². The standard InChI is InChI=1S/C5H10.3C2H6.CH4/c1-5-3-2-4-5;3*1-2;/h5H,2-4H2,1H3;3*1-2H3;1H4. The van der Waals surface area contributed by atoms with Gasteiger partial charge in [0.2, 0.25) is 0 Å². The summed E-state index contributed by atoms with van der Waals surface area (Å²) in [4.78, 5) is 0. The fourth-order valence-electron chi connectivity index (χ4n) is 0.612. The van der Waals surface area contributed by atoms with Gasteiger partial charge in [-0.05, 0) is 5.92 Å². The molecule has 0 aromatic rings. The minimum atomic E-state index is 0. The summed E-state index contributed by atoms with van der Waals surface area (Å²) in [5, 5.41) is 0. The van der Waals surface area contributed by atoms with E-state index in [1.54, 1.807) is 0 Å². The predicted molar refractivity (Wildman–Crippen MR) is 63.8 cm³/mol. The molecule has 0 spiro atoms. The lowest BCUT2D eigenvalue weighted by molar-refractivity contribution is 0.346. The maximum Gasteiger partial charge on any atom is -0.0443 e. The van der Waals surface area contributed by atoms with Gasteiger partial charge in [-0.15, -0.1) is 0 Å². The Hall–Kier alpha value is 0. The van der Waals surface area contributed by atoms with Gasteiger partial charge in [-0.25, -0.2) is 0 Å². The van der Waals surface area contributed by atoms with Crippen LogP contribution in [-0.4, -0.2) is 0 Å². The van der Waals surface area contributed by atoms with E-state index in [0.717, 1.165) is 5.92 Å². The maximum atomic E-state index is 2.31. The molecule has 1 aliphatic rings. The van der Waals surface area contributed by atoms with Gasteiger partial charge in [0.15, 0.2) is 0 Å².